The van der Waals surface area contributed by atoms with Gasteiger partial charge in [0.05, 0.1) is 11.2 Å². The van der Waals surface area contributed by atoms with E-state index in [1.807, 2.05) is 4.72 Å². The smallest absolute Gasteiger partial charge is 0.237 e. The minimum atomic E-state index is -3.53. The maximum atomic E-state index is 11.3. The molecule has 0 fully saturated rings. The molecule has 0 saturated carbocycles. The fraction of sp³-hybridized carbons (Fsp3) is 0.875. The third-order valence-corrected chi connectivity index (χ3v) is 3.79. The lowest BCUT2D eigenvalue weighted by Gasteiger charge is -2.16. The van der Waals surface area contributed by atoms with Crippen LogP contribution in [0.5, 0.6) is 0 Å². The van der Waals surface area contributed by atoms with Gasteiger partial charge in [-0.25, -0.2) is 8.42 Å². The molecule has 0 aliphatic rings. The highest BCUT2D eigenvalue weighted by atomic mass is 32.2. The monoisotopic (exact) mass is 222 g/mol. The molecule has 6 heteroatoms. The zero-order valence-electron chi connectivity index (χ0n) is 8.94. The van der Waals surface area contributed by atoms with Crippen molar-refractivity contribution >= 4 is 15.9 Å². The molecule has 0 bridgehead atoms. The second-order valence-electron chi connectivity index (χ2n) is 3.71. The van der Waals surface area contributed by atoms with E-state index in [2.05, 4.69) is 0 Å². The van der Waals surface area contributed by atoms with Gasteiger partial charge in [0.2, 0.25) is 15.9 Å². The third kappa shape index (κ3) is 3.63. The summed E-state index contributed by atoms with van der Waals surface area (Å²) in [5, 5.41) is -0.619. The van der Waals surface area contributed by atoms with Gasteiger partial charge in [-0.1, -0.05) is 6.92 Å². The molecule has 2 atom stereocenters. The average Bonchev–Trinajstić information content (AvgIpc) is 2.01. The largest absolute Gasteiger partial charge is 0.327 e. The Morgan fingerprint density at radius 3 is 1.93 bits per heavy atom. The number of nitrogens with two attached hydrogens (primary N) is 1. The molecule has 0 aromatic heterocycles. The van der Waals surface area contributed by atoms with Gasteiger partial charge in [0.15, 0.2) is 0 Å². The van der Waals surface area contributed by atoms with Gasteiger partial charge in [0.1, 0.15) is 0 Å². The minimum absolute atomic E-state index is 0.364. The van der Waals surface area contributed by atoms with Gasteiger partial charge in [-0.3, -0.25) is 9.52 Å². The number of carbonyl (C=O) groups is 1. The quantitative estimate of drug-likeness (QED) is 0.690. The van der Waals surface area contributed by atoms with Gasteiger partial charge in [0.25, 0.3) is 0 Å². The van der Waals surface area contributed by atoms with Gasteiger partial charge in [-0.05, 0) is 20.8 Å². The first kappa shape index (κ1) is 13.4. The summed E-state index contributed by atoms with van der Waals surface area (Å²) in [6, 6.07) is -0.364. The van der Waals surface area contributed by atoms with Crippen LogP contribution in [0.1, 0.15) is 27.7 Å². The molecule has 0 rings (SSSR count). The average molecular weight is 222 g/mol. The summed E-state index contributed by atoms with van der Waals surface area (Å²) in [6.07, 6.45) is 0. The summed E-state index contributed by atoms with van der Waals surface area (Å²) >= 11 is 0. The van der Waals surface area contributed by atoms with E-state index in [0.29, 0.717) is 0 Å². The first-order chi connectivity index (χ1) is 6.18. The van der Waals surface area contributed by atoms with Crippen molar-refractivity contribution in [2.24, 2.45) is 11.7 Å². The van der Waals surface area contributed by atoms with Crippen molar-refractivity contribution in [3.05, 3.63) is 0 Å². The Balaban J connectivity index is 4.49. The van der Waals surface area contributed by atoms with Crippen LogP contribution in [-0.4, -0.2) is 25.6 Å². The standard InChI is InChI=1S/C8H18N2O3S/c1-5(2)14(12,13)10-8(11)6(3)7(4)9/h5-7H,9H2,1-4H3,(H,10,11). The van der Waals surface area contributed by atoms with Crippen LogP contribution in [-0.2, 0) is 14.8 Å². The predicted molar refractivity (Wildman–Crippen MR) is 55.0 cm³/mol. The van der Waals surface area contributed by atoms with E-state index in [0.717, 1.165) is 0 Å². The highest BCUT2D eigenvalue weighted by Crippen LogP contribution is 2.03. The Morgan fingerprint density at radius 1 is 1.21 bits per heavy atom. The molecule has 1 amide bonds. The molecule has 14 heavy (non-hydrogen) atoms. The van der Waals surface area contributed by atoms with Crippen molar-refractivity contribution in [2.45, 2.75) is 39.0 Å². The molecule has 0 radical (unpaired) electrons. The predicted octanol–water partition coefficient (Wildman–Crippen LogP) is -0.176. The summed E-state index contributed by atoms with van der Waals surface area (Å²) < 4.78 is 24.6. The van der Waals surface area contributed by atoms with Crippen LogP contribution >= 0.6 is 0 Å². The molecule has 0 heterocycles. The Kier molecular flexibility index (Phi) is 4.54. The molecule has 0 aromatic rings. The molecule has 0 aromatic carbocycles. The second-order valence-corrected chi connectivity index (χ2v) is 5.94. The molecule has 5 nitrogen and oxygen atoms in total. The number of nitrogens with one attached hydrogen (secondary N) is 1. The van der Waals surface area contributed by atoms with Crippen molar-refractivity contribution in [1.82, 2.24) is 4.72 Å². The first-order valence-electron chi connectivity index (χ1n) is 4.49. The first-order valence-corrected chi connectivity index (χ1v) is 6.04. The number of hydrogen-bond acceptors (Lipinski definition) is 4. The Hall–Kier alpha value is -0.620. The van der Waals surface area contributed by atoms with Gasteiger partial charge < -0.3 is 5.73 Å². The number of sulfonamides is 1. The molecule has 0 saturated heterocycles. The van der Waals surface area contributed by atoms with Crippen LogP contribution in [0, 0.1) is 5.92 Å². The number of hydrogen-bond donors (Lipinski definition) is 2. The maximum absolute atomic E-state index is 11.3. The van der Waals surface area contributed by atoms with Gasteiger partial charge in [-0.2, -0.15) is 0 Å². The summed E-state index contributed by atoms with van der Waals surface area (Å²) in [4.78, 5) is 11.3. The number of rotatable bonds is 4. The zero-order valence-corrected chi connectivity index (χ0v) is 9.76. The zero-order chi connectivity index (χ0) is 11.5. The topological polar surface area (TPSA) is 89.3 Å². The Morgan fingerprint density at radius 2 is 1.64 bits per heavy atom. The lowest BCUT2D eigenvalue weighted by Crippen LogP contribution is -2.43. The third-order valence-electron chi connectivity index (χ3n) is 2.07. The summed E-state index contributed by atoms with van der Waals surface area (Å²) in [5.74, 6) is -1.06. The van der Waals surface area contributed by atoms with Crippen molar-refractivity contribution in [3.63, 3.8) is 0 Å². The van der Waals surface area contributed by atoms with Crippen molar-refractivity contribution in [2.75, 3.05) is 0 Å². The van der Waals surface area contributed by atoms with Gasteiger partial charge >= 0.3 is 0 Å². The lowest BCUT2D eigenvalue weighted by atomic mass is 10.1. The van der Waals surface area contributed by atoms with Crippen LogP contribution in [0.2, 0.25) is 0 Å². The van der Waals surface area contributed by atoms with E-state index in [9.17, 15) is 13.2 Å². The molecule has 0 aliphatic carbocycles. The fourth-order valence-corrected chi connectivity index (χ4v) is 1.29. The van der Waals surface area contributed by atoms with Crippen LogP contribution in [0.25, 0.3) is 0 Å². The molecular weight excluding hydrogens is 204 g/mol. The lowest BCUT2D eigenvalue weighted by molar-refractivity contribution is -0.123. The Labute approximate surface area is 85.1 Å². The van der Waals surface area contributed by atoms with E-state index in [1.165, 1.54) is 13.8 Å². The molecule has 2 unspecified atom stereocenters. The van der Waals surface area contributed by atoms with E-state index in [1.54, 1.807) is 13.8 Å². The van der Waals surface area contributed by atoms with Crippen LogP contribution in [0.3, 0.4) is 0 Å². The maximum Gasteiger partial charge on any atom is 0.237 e. The normalized spacial score (nSPS) is 16.4. The SMILES string of the molecule is CC(N)C(C)C(=O)NS(=O)(=O)C(C)C. The van der Waals surface area contributed by atoms with Crippen LogP contribution in [0.15, 0.2) is 0 Å². The Bertz CT molecular complexity index is 296. The molecule has 0 spiro atoms. The molecule has 84 valence electrons. The summed E-state index contributed by atoms with van der Waals surface area (Å²) in [6.45, 7) is 6.26. The minimum Gasteiger partial charge on any atom is -0.327 e. The van der Waals surface area contributed by atoms with E-state index in [-0.39, 0.29) is 6.04 Å². The number of amides is 1. The van der Waals surface area contributed by atoms with E-state index < -0.39 is 27.1 Å². The van der Waals surface area contributed by atoms with Crippen molar-refractivity contribution < 1.29 is 13.2 Å². The van der Waals surface area contributed by atoms with Gasteiger partial charge in [0, 0.05) is 6.04 Å². The number of carbonyl (C=O) groups excluding carboxylic acids is 1. The van der Waals surface area contributed by atoms with Crippen LogP contribution in [0.4, 0.5) is 0 Å². The molecule has 0 aliphatic heterocycles. The highest BCUT2D eigenvalue weighted by molar-refractivity contribution is 7.90. The van der Waals surface area contributed by atoms with E-state index in [4.69, 9.17) is 5.73 Å². The molecular formula is C8H18N2O3S. The fourth-order valence-electron chi connectivity index (χ4n) is 0.590. The van der Waals surface area contributed by atoms with E-state index >= 15 is 0 Å². The van der Waals surface area contributed by atoms with Gasteiger partial charge in [-0.15, -0.1) is 0 Å². The highest BCUT2D eigenvalue weighted by Gasteiger charge is 2.24. The second kappa shape index (κ2) is 4.75. The van der Waals surface area contributed by atoms with Crippen molar-refractivity contribution in [3.8, 4) is 0 Å². The molecule has 3 N–H and O–H groups in total. The summed E-state index contributed by atoms with van der Waals surface area (Å²) in [7, 11) is -3.53. The van der Waals surface area contributed by atoms with Crippen LogP contribution < -0.4 is 10.5 Å². The summed E-state index contributed by atoms with van der Waals surface area (Å²) in [5.41, 5.74) is 5.48. The van der Waals surface area contributed by atoms with Crippen molar-refractivity contribution in [1.29, 1.82) is 0 Å².